The van der Waals surface area contributed by atoms with Gasteiger partial charge >= 0.3 is 0 Å². The predicted octanol–water partition coefficient (Wildman–Crippen LogP) is 3.51. The van der Waals surface area contributed by atoms with Crippen LogP contribution >= 0.6 is 35.3 Å². The molecule has 1 fully saturated rings. The van der Waals surface area contributed by atoms with E-state index in [1.165, 1.54) is 21.0 Å². The van der Waals surface area contributed by atoms with Crippen molar-refractivity contribution in [2.45, 2.75) is 40.3 Å². The van der Waals surface area contributed by atoms with Crippen LogP contribution in [0.4, 0.5) is 0 Å². The second-order valence-electron chi connectivity index (χ2n) is 7.33. The Morgan fingerprint density at radius 3 is 2.47 bits per heavy atom. The summed E-state index contributed by atoms with van der Waals surface area (Å²) in [5.74, 6) is 0.856. The lowest BCUT2D eigenvalue weighted by Gasteiger charge is -2.26. The molecule has 2 N–H and O–H groups in total. The van der Waals surface area contributed by atoms with Gasteiger partial charge in [0.1, 0.15) is 0 Å². The summed E-state index contributed by atoms with van der Waals surface area (Å²) in [5.41, 5.74) is 3.71. The first kappa shape index (κ1) is 25.0. The van der Waals surface area contributed by atoms with Crippen molar-refractivity contribution < 1.29 is 4.74 Å². The van der Waals surface area contributed by atoms with E-state index >= 15 is 0 Å². The van der Waals surface area contributed by atoms with Gasteiger partial charge in [-0.25, -0.2) is 9.98 Å². The minimum atomic E-state index is 0. The Labute approximate surface area is 201 Å². The summed E-state index contributed by atoms with van der Waals surface area (Å²) in [6.45, 7) is 13.3. The van der Waals surface area contributed by atoms with Crippen molar-refractivity contribution in [1.29, 1.82) is 0 Å². The van der Waals surface area contributed by atoms with Crippen LogP contribution in [-0.2, 0) is 24.2 Å². The van der Waals surface area contributed by atoms with E-state index in [-0.39, 0.29) is 24.0 Å². The fourth-order valence-electron chi connectivity index (χ4n) is 3.21. The van der Waals surface area contributed by atoms with Crippen molar-refractivity contribution in [2.75, 3.05) is 39.4 Å². The molecule has 1 saturated heterocycles. The van der Waals surface area contributed by atoms with Crippen molar-refractivity contribution in [2.24, 2.45) is 4.99 Å². The van der Waals surface area contributed by atoms with Crippen LogP contribution in [0, 0.1) is 13.8 Å². The van der Waals surface area contributed by atoms with Crippen LogP contribution in [0.15, 0.2) is 29.3 Å². The van der Waals surface area contributed by atoms with E-state index in [2.05, 4.69) is 65.6 Å². The second kappa shape index (κ2) is 13.2. The fraction of sp³-hybridized carbons (Fsp3) is 0.545. The quantitative estimate of drug-likeness (QED) is 0.303. The Hall–Kier alpha value is -1.23. The first-order valence-corrected chi connectivity index (χ1v) is 11.3. The zero-order valence-corrected chi connectivity index (χ0v) is 21.4. The van der Waals surface area contributed by atoms with Crippen molar-refractivity contribution in [3.05, 3.63) is 51.0 Å². The topological polar surface area (TPSA) is 61.8 Å². The van der Waals surface area contributed by atoms with E-state index in [1.807, 2.05) is 0 Å². The first-order valence-electron chi connectivity index (χ1n) is 10.5. The van der Waals surface area contributed by atoms with Crippen LogP contribution in [0.1, 0.15) is 33.6 Å². The molecule has 2 heterocycles. The number of morpholine rings is 1. The summed E-state index contributed by atoms with van der Waals surface area (Å²) < 4.78 is 5.42. The van der Waals surface area contributed by atoms with Crippen LogP contribution in [0.5, 0.6) is 0 Å². The number of nitrogens with one attached hydrogen (secondary N) is 2. The summed E-state index contributed by atoms with van der Waals surface area (Å²) in [6.07, 6.45) is 0.917. The number of guanidine groups is 1. The van der Waals surface area contributed by atoms with Crippen LogP contribution < -0.4 is 10.6 Å². The molecule has 0 atom stereocenters. The number of hydrogen-bond donors (Lipinski definition) is 2. The van der Waals surface area contributed by atoms with Gasteiger partial charge in [-0.1, -0.05) is 24.3 Å². The Kier molecular flexibility index (Phi) is 11.0. The van der Waals surface area contributed by atoms with Gasteiger partial charge in [0, 0.05) is 44.0 Å². The van der Waals surface area contributed by atoms with Gasteiger partial charge in [0.05, 0.1) is 30.5 Å². The standard InChI is InChI=1S/C22H33N5OS.HI/c1-4-23-22(24-10-9-21-26-17(2)18(3)29-21)25-15-19-5-7-20(8-6-19)16-27-11-13-28-14-12-27;/h5-8H,4,9-16H2,1-3H3,(H2,23,24,25);1H. The number of nitrogens with zero attached hydrogens (tertiary/aromatic N) is 3. The van der Waals surface area contributed by atoms with Gasteiger partial charge in [-0.15, -0.1) is 35.3 Å². The van der Waals surface area contributed by atoms with Crippen molar-refractivity contribution >= 4 is 41.3 Å². The molecule has 0 aliphatic carbocycles. The van der Waals surface area contributed by atoms with E-state index in [0.29, 0.717) is 6.54 Å². The largest absolute Gasteiger partial charge is 0.379 e. The molecule has 0 radical (unpaired) electrons. The number of ether oxygens (including phenoxy) is 1. The summed E-state index contributed by atoms with van der Waals surface area (Å²) in [6, 6.07) is 8.80. The number of thiazole rings is 1. The van der Waals surface area contributed by atoms with Crippen molar-refractivity contribution in [1.82, 2.24) is 20.5 Å². The Bertz CT molecular complexity index is 768. The van der Waals surface area contributed by atoms with Crippen LogP contribution in [-0.4, -0.2) is 55.2 Å². The molecule has 8 heteroatoms. The molecule has 1 aliphatic rings. The van der Waals surface area contributed by atoms with Gasteiger partial charge in [0.15, 0.2) is 5.96 Å². The molecule has 0 unspecified atom stereocenters. The third-order valence-electron chi connectivity index (χ3n) is 5.00. The first-order chi connectivity index (χ1) is 14.1. The molecule has 6 nitrogen and oxygen atoms in total. The van der Waals surface area contributed by atoms with E-state index in [1.54, 1.807) is 11.3 Å². The molecule has 2 aromatic rings. The predicted molar refractivity (Wildman–Crippen MR) is 136 cm³/mol. The molecule has 3 rings (SSSR count). The van der Waals surface area contributed by atoms with E-state index in [4.69, 9.17) is 9.73 Å². The minimum absolute atomic E-state index is 0. The number of benzene rings is 1. The minimum Gasteiger partial charge on any atom is -0.379 e. The molecule has 0 amide bonds. The maximum absolute atomic E-state index is 5.42. The van der Waals surface area contributed by atoms with E-state index < -0.39 is 0 Å². The van der Waals surface area contributed by atoms with Crippen LogP contribution in [0.2, 0.25) is 0 Å². The summed E-state index contributed by atoms with van der Waals surface area (Å²) in [5, 5.41) is 7.93. The highest BCUT2D eigenvalue weighted by Gasteiger charge is 2.10. The van der Waals surface area contributed by atoms with E-state index in [0.717, 1.165) is 64.0 Å². The van der Waals surface area contributed by atoms with Gasteiger partial charge in [-0.05, 0) is 31.9 Å². The Morgan fingerprint density at radius 2 is 1.83 bits per heavy atom. The monoisotopic (exact) mass is 543 g/mol. The van der Waals surface area contributed by atoms with Gasteiger partial charge in [0.25, 0.3) is 0 Å². The molecule has 0 bridgehead atoms. The zero-order chi connectivity index (χ0) is 20.5. The average molecular weight is 544 g/mol. The Morgan fingerprint density at radius 1 is 1.13 bits per heavy atom. The smallest absolute Gasteiger partial charge is 0.191 e. The SMILES string of the molecule is CCNC(=NCc1ccc(CN2CCOCC2)cc1)NCCc1nc(C)c(C)s1.I. The maximum Gasteiger partial charge on any atom is 0.191 e. The summed E-state index contributed by atoms with van der Waals surface area (Å²) in [4.78, 5) is 13.1. The second-order valence-corrected chi connectivity index (χ2v) is 8.61. The zero-order valence-electron chi connectivity index (χ0n) is 18.2. The molecule has 0 spiro atoms. The molecule has 1 aromatic carbocycles. The average Bonchev–Trinajstić information content (AvgIpc) is 3.05. The van der Waals surface area contributed by atoms with Gasteiger partial charge in [-0.2, -0.15) is 0 Å². The molecule has 30 heavy (non-hydrogen) atoms. The lowest BCUT2D eigenvalue weighted by molar-refractivity contribution is 0.0342. The summed E-state index contributed by atoms with van der Waals surface area (Å²) in [7, 11) is 0. The molecule has 1 aromatic heterocycles. The lowest BCUT2D eigenvalue weighted by Crippen LogP contribution is -2.38. The highest BCUT2D eigenvalue weighted by molar-refractivity contribution is 14.0. The highest BCUT2D eigenvalue weighted by Crippen LogP contribution is 2.16. The number of halogens is 1. The van der Waals surface area contributed by atoms with Gasteiger partial charge < -0.3 is 15.4 Å². The molecular weight excluding hydrogens is 509 g/mol. The third-order valence-corrected chi connectivity index (χ3v) is 6.13. The number of aryl methyl sites for hydroxylation is 2. The number of aliphatic imine (C=N–C) groups is 1. The summed E-state index contributed by atoms with van der Waals surface area (Å²) >= 11 is 1.78. The molecular formula is C22H34IN5OS. The normalized spacial score (nSPS) is 15.0. The Balaban J connectivity index is 0.00000320. The number of aromatic nitrogens is 1. The number of rotatable bonds is 8. The van der Waals surface area contributed by atoms with Crippen molar-refractivity contribution in [3.8, 4) is 0 Å². The van der Waals surface area contributed by atoms with Crippen molar-refractivity contribution in [3.63, 3.8) is 0 Å². The number of hydrogen-bond acceptors (Lipinski definition) is 5. The molecule has 0 saturated carbocycles. The molecule has 1 aliphatic heterocycles. The maximum atomic E-state index is 5.42. The molecule has 166 valence electrons. The third kappa shape index (κ3) is 8.13. The van der Waals surface area contributed by atoms with Gasteiger partial charge in [0.2, 0.25) is 0 Å². The fourth-order valence-corrected chi connectivity index (χ4v) is 4.15. The van der Waals surface area contributed by atoms with Gasteiger partial charge in [-0.3, -0.25) is 4.90 Å². The highest BCUT2D eigenvalue weighted by atomic mass is 127. The lowest BCUT2D eigenvalue weighted by atomic mass is 10.1. The van der Waals surface area contributed by atoms with E-state index in [9.17, 15) is 0 Å². The van der Waals surface area contributed by atoms with Crippen LogP contribution in [0.3, 0.4) is 0 Å². The van der Waals surface area contributed by atoms with Crippen LogP contribution in [0.25, 0.3) is 0 Å².